The summed E-state index contributed by atoms with van der Waals surface area (Å²) in [6.07, 6.45) is 0. The first-order chi connectivity index (χ1) is 22.1. The molecule has 8 aromatic rings. The molecule has 8 aromatic carbocycles. The highest BCUT2D eigenvalue weighted by Crippen LogP contribution is 2.54. The van der Waals surface area contributed by atoms with Crippen molar-refractivity contribution in [3.63, 3.8) is 0 Å². The van der Waals surface area contributed by atoms with Crippen LogP contribution < -0.4 is 0 Å². The van der Waals surface area contributed by atoms with Gasteiger partial charge in [0.25, 0.3) is 0 Å². The minimum absolute atomic E-state index is 0.0996. The largest absolute Gasteiger partial charge is 0.0619 e. The zero-order valence-corrected chi connectivity index (χ0v) is 25.5. The molecule has 0 saturated carbocycles. The molecule has 45 heavy (non-hydrogen) atoms. The lowest BCUT2D eigenvalue weighted by Gasteiger charge is -2.26. The summed E-state index contributed by atoms with van der Waals surface area (Å²) < 4.78 is 0. The number of fused-ring (bicyclic) bond motifs is 6. The van der Waals surface area contributed by atoms with Crippen LogP contribution in [0.15, 0.2) is 158 Å². The van der Waals surface area contributed by atoms with Crippen LogP contribution in [-0.4, -0.2) is 0 Å². The van der Waals surface area contributed by atoms with E-state index in [1.807, 2.05) is 0 Å². The van der Waals surface area contributed by atoms with Gasteiger partial charge in [-0.2, -0.15) is 0 Å². The molecule has 0 atom stereocenters. The summed E-state index contributed by atoms with van der Waals surface area (Å²) in [5, 5.41) is 7.69. The smallest absolute Gasteiger partial charge is 0.0165 e. The van der Waals surface area contributed by atoms with Crippen molar-refractivity contribution in [3.05, 3.63) is 169 Å². The van der Waals surface area contributed by atoms with E-state index in [4.69, 9.17) is 0 Å². The summed E-state index contributed by atoms with van der Waals surface area (Å²) in [5.74, 6) is 0. The molecule has 1 aliphatic carbocycles. The van der Waals surface area contributed by atoms with Crippen molar-refractivity contribution in [2.45, 2.75) is 19.3 Å². The van der Waals surface area contributed by atoms with Gasteiger partial charge in [-0.05, 0) is 100 Å². The van der Waals surface area contributed by atoms with Crippen molar-refractivity contribution in [2.24, 2.45) is 0 Å². The fraction of sp³-hybridized carbons (Fsp3) is 0.0667. The van der Waals surface area contributed by atoms with Crippen molar-refractivity contribution < 1.29 is 0 Å². The van der Waals surface area contributed by atoms with Gasteiger partial charge in [0.05, 0.1) is 0 Å². The fourth-order valence-electron chi connectivity index (χ4n) is 8.01. The van der Waals surface area contributed by atoms with E-state index in [1.165, 1.54) is 88.0 Å². The van der Waals surface area contributed by atoms with E-state index in [0.717, 1.165) is 0 Å². The second kappa shape index (κ2) is 9.78. The Labute approximate surface area is 264 Å². The van der Waals surface area contributed by atoms with Crippen LogP contribution in [0.2, 0.25) is 0 Å². The molecular formula is C45H32. The molecule has 0 heterocycles. The van der Waals surface area contributed by atoms with Crippen molar-refractivity contribution in [3.8, 4) is 44.5 Å². The van der Waals surface area contributed by atoms with Crippen LogP contribution in [0.5, 0.6) is 0 Å². The Bertz CT molecular complexity index is 2400. The molecule has 0 aliphatic heterocycles. The highest BCUT2D eigenvalue weighted by atomic mass is 14.4. The Balaban J connectivity index is 1.32. The number of hydrogen-bond acceptors (Lipinski definition) is 0. The first-order valence-electron chi connectivity index (χ1n) is 15.9. The predicted molar refractivity (Wildman–Crippen MR) is 193 cm³/mol. The van der Waals surface area contributed by atoms with Crippen LogP contribution in [0.3, 0.4) is 0 Å². The molecule has 9 rings (SSSR count). The quantitative estimate of drug-likeness (QED) is 0.185. The summed E-state index contributed by atoms with van der Waals surface area (Å²) >= 11 is 0. The van der Waals surface area contributed by atoms with Gasteiger partial charge in [-0.3, -0.25) is 0 Å². The van der Waals surface area contributed by atoms with Crippen molar-refractivity contribution in [2.75, 3.05) is 0 Å². The monoisotopic (exact) mass is 572 g/mol. The second-order valence-corrected chi connectivity index (χ2v) is 12.9. The van der Waals surface area contributed by atoms with E-state index < -0.39 is 0 Å². The van der Waals surface area contributed by atoms with Gasteiger partial charge in [0, 0.05) is 5.41 Å². The maximum atomic E-state index is 2.39. The van der Waals surface area contributed by atoms with E-state index >= 15 is 0 Å². The van der Waals surface area contributed by atoms with Crippen LogP contribution >= 0.6 is 0 Å². The molecule has 0 saturated heterocycles. The second-order valence-electron chi connectivity index (χ2n) is 12.9. The zero-order valence-electron chi connectivity index (χ0n) is 25.5. The van der Waals surface area contributed by atoms with Crippen molar-refractivity contribution in [1.82, 2.24) is 0 Å². The maximum Gasteiger partial charge on any atom is 0.0165 e. The molecule has 212 valence electrons. The molecule has 0 fully saturated rings. The van der Waals surface area contributed by atoms with Crippen LogP contribution in [0.1, 0.15) is 25.0 Å². The Morgan fingerprint density at radius 1 is 0.356 bits per heavy atom. The van der Waals surface area contributed by atoms with E-state index in [-0.39, 0.29) is 5.41 Å². The SMILES string of the molecule is CC1(C)c2ccccc2-c2cccc(-c3c4ccccc4c(-c4cccc(-c5ccc6ccccc6c5)c4)c4ccccc34)c21. The highest BCUT2D eigenvalue weighted by Gasteiger charge is 2.37. The summed E-state index contributed by atoms with van der Waals surface area (Å²) in [7, 11) is 0. The molecule has 0 nitrogen and oxygen atoms in total. The normalized spacial score (nSPS) is 13.3. The Hall–Kier alpha value is -5.46. The average molecular weight is 573 g/mol. The number of hydrogen-bond donors (Lipinski definition) is 0. The third-order valence-corrected chi connectivity index (χ3v) is 10.0. The summed E-state index contributed by atoms with van der Waals surface area (Å²) in [6, 6.07) is 58.3. The van der Waals surface area contributed by atoms with Gasteiger partial charge < -0.3 is 0 Å². The first-order valence-corrected chi connectivity index (χ1v) is 15.9. The predicted octanol–water partition coefficient (Wildman–Crippen LogP) is 12.5. The third-order valence-electron chi connectivity index (χ3n) is 10.0. The molecule has 1 aliphatic rings. The van der Waals surface area contributed by atoms with Crippen molar-refractivity contribution in [1.29, 1.82) is 0 Å². The van der Waals surface area contributed by atoms with Crippen LogP contribution in [-0.2, 0) is 5.41 Å². The molecule has 0 bridgehead atoms. The molecule has 0 aromatic heterocycles. The standard InChI is InChI=1S/C45H32/c1-45(2)41-24-10-9-17-34(41)39-22-12-23-40(44(39)45)43-37-20-7-5-18-35(37)42(36-19-6-8-21-38(36)43)33-16-11-15-31(28-33)32-26-25-29-13-3-4-14-30(29)27-32/h3-28H,1-2H3. The van der Waals surface area contributed by atoms with E-state index in [9.17, 15) is 0 Å². The van der Waals surface area contributed by atoms with Gasteiger partial charge in [-0.25, -0.2) is 0 Å². The van der Waals surface area contributed by atoms with Crippen molar-refractivity contribution >= 4 is 32.3 Å². The molecule has 0 spiro atoms. The summed E-state index contributed by atoms with van der Waals surface area (Å²) in [5.41, 5.74) is 13.1. The zero-order chi connectivity index (χ0) is 30.1. The molecule has 0 amide bonds. The minimum atomic E-state index is -0.0996. The highest BCUT2D eigenvalue weighted by molar-refractivity contribution is 6.22. The number of rotatable bonds is 3. The van der Waals surface area contributed by atoms with E-state index in [1.54, 1.807) is 0 Å². The Morgan fingerprint density at radius 3 is 1.64 bits per heavy atom. The minimum Gasteiger partial charge on any atom is -0.0619 e. The lowest BCUT2D eigenvalue weighted by Crippen LogP contribution is -2.16. The Morgan fingerprint density at radius 2 is 0.889 bits per heavy atom. The van der Waals surface area contributed by atoms with Gasteiger partial charge in [-0.15, -0.1) is 0 Å². The molecule has 0 radical (unpaired) electrons. The third kappa shape index (κ3) is 3.85. The molecular weight excluding hydrogens is 540 g/mol. The van der Waals surface area contributed by atoms with Gasteiger partial charge in [0.2, 0.25) is 0 Å². The molecule has 0 unspecified atom stereocenters. The molecule has 0 heteroatoms. The maximum absolute atomic E-state index is 2.39. The lowest BCUT2D eigenvalue weighted by atomic mass is 9.77. The van der Waals surface area contributed by atoms with Gasteiger partial charge in [0.15, 0.2) is 0 Å². The van der Waals surface area contributed by atoms with Gasteiger partial charge in [-0.1, -0.05) is 159 Å². The van der Waals surface area contributed by atoms with Gasteiger partial charge >= 0.3 is 0 Å². The average Bonchev–Trinajstić information content (AvgIpc) is 3.33. The first kappa shape index (κ1) is 26.0. The number of benzene rings is 8. The van der Waals surface area contributed by atoms with E-state index in [0.29, 0.717) is 0 Å². The topological polar surface area (TPSA) is 0 Å². The van der Waals surface area contributed by atoms with E-state index in [2.05, 4.69) is 172 Å². The lowest BCUT2D eigenvalue weighted by molar-refractivity contribution is 0.662. The van der Waals surface area contributed by atoms with Gasteiger partial charge in [0.1, 0.15) is 0 Å². The summed E-state index contributed by atoms with van der Waals surface area (Å²) in [6.45, 7) is 4.77. The van der Waals surface area contributed by atoms with Crippen LogP contribution in [0.25, 0.3) is 76.8 Å². The Kier molecular flexibility index (Phi) is 5.64. The molecule has 0 N–H and O–H groups in total. The summed E-state index contributed by atoms with van der Waals surface area (Å²) in [4.78, 5) is 0. The van der Waals surface area contributed by atoms with Crippen LogP contribution in [0.4, 0.5) is 0 Å². The van der Waals surface area contributed by atoms with Crippen LogP contribution in [0, 0.1) is 0 Å². The fourth-order valence-corrected chi connectivity index (χ4v) is 8.01.